The van der Waals surface area contributed by atoms with Crippen LogP contribution < -0.4 is 5.32 Å². The summed E-state index contributed by atoms with van der Waals surface area (Å²) in [7, 11) is 2.29. The Morgan fingerprint density at radius 3 is 2.48 bits per heavy atom. The molecular weight excluding hydrogens is 280 g/mol. The zero-order valence-electron chi connectivity index (χ0n) is 13.4. The van der Waals surface area contributed by atoms with Gasteiger partial charge in [-0.2, -0.15) is 0 Å². The highest BCUT2D eigenvalue weighted by Crippen LogP contribution is 2.24. The van der Waals surface area contributed by atoms with Gasteiger partial charge in [0.15, 0.2) is 0 Å². The van der Waals surface area contributed by atoms with Crippen molar-refractivity contribution >= 4 is 11.6 Å². The molecule has 1 N–H and O–H groups in total. The van der Waals surface area contributed by atoms with Gasteiger partial charge in [-0.15, -0.1) is 0 Å². The summed E-state index contributed by atoms with van der Waals surface area (Å²) in [5.74, 6) is 0. The molecule has 1 atom stereocenters. The average Bonchev–Trinajstić information content (AvgIpc) is 2.53. The Morgan fingerprint density at radius 2 is 1.86 bits per heavy atom. The van der Waals surface area contributed by atoms with Crippen LogP contribution in [0, 0.1) is 0 Å². The van der Waals surface area contributed by atoms with E-state index in [-0.39, 0.29) is 0 Å². The van der Waals surface area contributed by atoms with Crippen LogP contribution >= 0.6 is 11.6 Å². The monoisotopic (exact) mass is 308 g/mol. The molecule has 0 bridgehead atoms. The molecule has 0 aliphatic heterocycles. The second kappa shape index (κ2) is 8.77. The Bertz CT molecular complexity index is 398. The predicted molar refractivity (Wildman–Crippen MR) is 92.0 cm³/mol. The number of benzene rings is 1. The third kappa shape index (κ3) is 5.28. The van der Waals surface area contributed by atoms with Crippen LogP contribution in [0.2, 0.25) is 5.02 Å². The highest BCUT2D eigenvalue weighted by atomic mass is 35.5. The maximum atomic E-state index is 5.99. The molecule has 0 heterocycles. The van der Waals surface area contributed by atoms with Gasteiger partial charge in [0, 0.05) is 17.1 Å². The van der Waals surface area contributed by atoms with E-state index in [0.29, 0.717) is 6.04 Å². The summed E-state index contributed by atoms with van der Waals surface area (Å²) in [6.07, 6.45) is 8.15. The van der Waals surface area contributed by atoms with Gasteiger partial charge in [-0.1, -0.05) is 49.9 Å². The largest absolute Gasteiger partial charge is 0.310 e. The molecule has 21 heavy (non-hydrogen) atoms. The summed E-state index contributed by atoms with van der Waals surface area (Å²) < 4.78 is 0. The second-order valence-electron chi connectivity index (χ2n) is 6.22. The lowest BCUT2D eigenvalue weighted by molar-refractivity contribution is 0.183. The van der Waals surface area contributed by atoms with E-state index in [4.69, 9.17) is 11.6 Å². The first-order chi connectivity index (χ1) is 10.2. The topological polar surface area (TPSA) is 15.3 Å². The van der Waals surface area contributed by atoms with Gasteiger partial charge in [-0.25, -0.2) is 0 Å². The van der Waals surface area contributed by atoms with Crippen molar-refractivity contribution in [3.05, 3.63) is 34.9 Å². The highest BCUT2D eigenvalue weighted by Gasteiger charge is 2.19. The minimum Gasteiger partial charge on any atom is -0.310 e. The standard InChI is InChI=1S/C18H29ClN2/c1-3-20-18(15-9-11-16(19)12-10-15)13-14-21(2)17-7-5-4-6-8-17/h9-12,17-18,20H,3-8,13-14H2,1-2H3. The van der Waals surface area contributed by atoms with Crippen LogP contribution in [0.1, 0.15) is 57.1 Å². The van der Waals surface area contributed by atoms with Gasteiger partial charge in [0.05, 0.1) is 0 Å². The Labute approximate surface area is 134 Å². The lowest BCUT2D eigenvalue weighted by Crippen LogP contribution is -2.36. The minimum atomic E-state index is 0.429. The molecule has 0 saturated heterocycles. The Balaban J connectivity index is 1.88. The molecule has 1 fully saturated rings. The zero-order valence-corrected chi connectivity index (χ0v) is 14.2. The molecule has 2 rings (SSSR count). The highest BCUT2D eigenvalue weighted by molar-refractivity contribution is 6.30. The van der Waals surface area contributed by atoms with Crippen LogP contribution in [0.4, 0.5) is 0 Å². The van der Waals surface area contributed by atoms with Crippen molar-refractivity contribution in [2.75, 3.05) is 20.1 Å². The smallest absolute Gasteiger partial charge is 0.0406 e. The van der Waals surface area contributed by atoms with Crippen molar-refractivity contribution in [3.63, 3.8) is 0 Å². The summed E-state index contributed by atoms with van der Waals surface area (Å²) in [5, 5.41) is 4.42. The Morgan fingerprint density at radius 1 is 1.19 bits per heavy atom. The molecule has 1 saturated carbocycles. The van der Waals surface area contributed by atoms with Gasteiger partial charge in [0.2, 0.25) is 0 Å². The van der Waals surface area contributed by atoms with Crippen molar-refractivity contribution in [2.45, 2.75) is 57.5 Å². The van der Waals surface area contributed by atoms with Gasteiger partial charge >= 0.3 is 0 Å². The lowest BCUT2D eigenvalue weighted by Gasteiger charge is -2.32. The van der Waals surface area contributed by atoms with E-state index in [2.05, 4.69) is 36.3 Å². The van der Waals surface area contributed by atoms with Crippen LogP contribution in [0.5, 0.6) is 0 Å². The summed E-state index contributed by atoms with van der Waals surface area (Å²) in [6.45, 7) is 4.33. The van der Waals surface area contributed by atoms with Crippen LogP contribution in [-0.2, 0) is 0 Å². The Kier molecular flexibility index (Phi) is 7.01. The number of halogens is 1. The first-order valence-electron chi connectivity index (χ1n) is 8.39. The predicted octanol–water partition coefficient (Wildman–Crippen LogP) is 4.65. The molecule has 3 heteroatoms. The van der Waals surface area contributed by atoms with E-state index in [1.54, 1.807) is 0 Å². The van der Waals surface area contributed by atoms with E-state index < -0.39 is 0 Å². The van der Waals surface area contributed by atoms with Crippen LogP contribution in [0.3, 0.4) is 0 Å². The van der Waals surface area contributed by atoms with E-state index in [0.717, 1.165) is 30.6 Å². The average molecular weight is 309 g/mol. The van der Waals surface area contributed by atoms with Crippen LogP contribution in [-0.4, -0.2) is 31.1 Å². The molecule has 0 spiro atoms. The van der Waals surface area contributed by atoms with E-state index in [1.165, 1.54) is 37.7 Å². The van der Waals surface area contributed by atoms with Gasteiger partial charge in [-0.3, -0.25) is 0 Å². The normalized spacial score (nSPS) is 18.1. The van der Waals surface area contributed by atoms with Gasteiger partial charge in [-0.05, 0) is 57.1 Å². The quantitative estimate of drug-likeness (QED) is 0.789. The van der Waals surface area contributed by atoms with E-state index in [9.17, 15) is 0 Å². The molecule has 118 valence electrons. The molecule has 1 aliphatic rings. The summed E-state index contributed by atoms with van der Waals surface area (Å²) in [4.78, 5) is 2.57. The number of hydrogen-bond donors (Lipinski definition) is 1. The van der Waals surface area contributed by atoms with Crippen LogP contribution in [0.25, 0.3) is 0 Å². The molecule has 1 aliphatic carbocycles. The zero-order chi connectivity index (χ0) is 15.1. The van der Waals surface area contributed by atoms with Crippen molar-refractivity contribution in [2.24, 2.45) is 0 Å². The molecule has 0 amide bonds. The van der Waals surface area contributed by atoms with Gasteiger partial charge < -0.3 is 10.2 Å². The van der Waals surface area contributed by atoms with Crippen molar-refractivity contribution < 1.29 is 0 Å². The molecule has 1 aromatic rings. The molecule has 2 nitrogen and oxygen atoms in total. The second-order valence-corrected chi connectivity index (χ2v) is 6.66. The van der Waals surface area contributed by atoms with Crippen molar-refractivity contribution in [3.8, 4) is 0 Å². The molecule has 0 radical (unpaired) electrons. The molecule has 1 unspecified atom stereocenters. The SMILES string of the molecule is CCNC(CCN(C)C1CCCCC1)c1ccc(Cl)cc1. The van der Waals surface area contributed by atoms with E-state index in [1.807, 2.05) is 12.1 Å². The van der Waals surface area contributed by atoms with Gasteiger partial charge in [0.25, 0.3) is 0 Å². The van der Waals surface area contributed by atoms with Crippen LogP contribution in [0.15, 0.2) is 24.3 Å². The summed E-state index contributed by atoms with van der Waals surface area (Å²) in [5.41, 5.74) is 1.35. The number of nitrogens with one attached hydrogen (secondary N) is 1. The third-order valence-electron chi connectivity index (χ3n) is 4.69. The van der Waals surface area contributed by atoms with Crippen molar-refractivity contribution in [1.29, 1.82) is 0 Å². The molecular formula is C18H29ClN2. The first kappa shape index (κ1) is 16.8. The maximum absolute atomic E-state index is 5.99. The molecule has 0 aromatic heterocycles. The first-order valence-corrected chi connectivity index (χ1v) is 8.77. The van der Waals surface area contributed by atoms with Crippen molar-refractivity contribution in [1.82, 2.24) is 10.2 Å². The summed E-state index contributed by atoms with van der Waals surface area (Å²) in [6, 6.07) is 9.51. The Hall–Kier alpha value is -0.570. The molecule has 1 aromatic carbocycles. The van der Waals surface area contributed by atoms with E-state index >= 15 is 0 Å². The number of rotatable bonds is 7. The lowest BCUT2D eigenvalue weighted by atomic mass is 9.94. The summed E-state index contributed by atoms with van der Waals surface area (Å²) >= 11 is 5.99. The minimum absolute atomic E-state index is 0.429. The maximum Gasteiger partial charge on any atom is 0.0406 e. The number of nitrogens with zero attached hydrogens (tertiary/aromatic N) is 1. The number of hydrogen-bond acceptors (Lipinski definition) is 2. The van der Waals surface area contributed by atoms with Gasteiger partial charge in [0.1, 0.15) is 0 Å². The fourth-order valence-corrected chi connectivity index (χ4v) is 3.49. The third-order valence-corrected chi connectivity index (χ3v) is 4.94. The fraction of sp³-hybridized carbons (Fsp3) is 0.667. The fourth-order valence-electron chi connectivity index (χ4n) is 3.37.